The van der Waals surface area contributed by atoms with Crippen molar-refractivity contribution in [2.24, 2.45) is 0 Å². The van der Waals surface area contributed by atoms with E-state index in [1.807, 2.05) is 13.8 Å². The van der Waals surface area contributed by atoms with Crippen molar-refractivity contribution < 1.29 is 29.2 Å². The highest BCUT2D eigenvalue weighted by atomic mass is 16.7. The van der Waals surface area contributed by atoms with E-state index in [1.54, 1.807) is 0 Å². The summed E-state index contributed by atoms with van der Waals surface area (Å²) in [5, 5.41) is 23.0. The lowest BCUT2D eigenvalue weighted by atomic mass is 9.96. The Labute approximate surface area is 124 Å². The molecule has 2 aliphatic rings. The third kappa shape index (κ3) is 3.92. The maximum absolute atomic E-state index is 11.7. The Bertz CT molecular complexity index is 352. The largest absolute Gasteiger partial charge is 0.388 e. The van der Waals surface area contributed by atoms with Crippen molar-refractivity contribution in [3.8, 4) is 0 Å². The van der Waals surface area contributed by atoms with Crippen LogP contribution in [0.5, 0.6) is 0 Å². The summed E-state index contributed by atoms with van der Waals surface area (Å²) in [6.45, 7) is 4.17. The van der Waals surface area contributed by atoms with Crippen LogP contribution in [0.4, 0.5) is 0 Å². The Morgan fingerprint density at radius 1 is 1.24 bits per heavy atom. The fourth-order valence-electron chi connectivity index (χ4n) is 2.68. The SMILES string of the molecule is CCCC(=O)N[C@H]1C(O)O[C@@H]2COC(CCC)O[C@H]2[C@@H]1O. The third-order valence-corrected chi connectivity index (χ3v) is 3.78. The van der Waals surface area contributed by atoms with Crippen molar-refractivity contribution in [1.82, 2.24) is 5.32 Å². The molecule has 1 amide bonds. The average Bonchev–Trinajstić information content (AvgIpc) is 2.45. The summed E-state index contributed by atoms with van der Waals surface area (Å²) in [5.74, 6) is -0.222. The van der Waals surface area contributed by atoms with Gasteiger partial charge in [-0.3, -0.25) is 4.79 Å². The molecule has 2 unspecified atom stereocenters. The lowest BCUT2D eigenvalue weighted by Gasteiger charge is -2.46. The fourth-order valence-corrected chi connectivity index (χ4v) is 2.68. The minimum absolute atomic E-state index is 0.222. The van der Waals surface area contributed by atoms with Crippen molar-refractivity contribution >= 4 is 5.91 Å². The molecule has 122 valence electrons. The smallest absolute Gasteiger partial charge is 0.220 e. The maximum Gasteiger partial charge on any atom is 0.220 e. The van der Waals surface area contributed by atoms with Crippen molar-refractivity contribution in [3.05, 3.63) is 0 Å². The lowest BCUT2D eigenvalue weighted by Crippen LogP contribution is -2.66. The predicted octanol–water partition coefficient (Wildman–Crippen LogP) is -0.109. The van der Waals surface area contributed by atoms with Crippen LogP contribution < -0.4 is 5.32 Å². The van der Waals surface area contributed by atoms with Gasteiger partial charge in [-0.05, 0) is 12.8 Å². The molecular formula is C14H25NO6. The van der Waals surface area contributed by atoms with Crippen LogP contribution in [0.3, 0.4) is 0 Å². The normalized spacial score (nSPS) is 39.6. The molecule has 6 atom stereocenters. The van der Waals surface area contributed by atoms with Gasteiger partial charge in [0.05, 0.1) is 6.61 Å². The molecule has 0 spiro atoms. The average molecular weight is 303 g/mol. The first-order valence-corrected chi connectivity index (χ1v) is 7.64. The van der Waals surface area contributed by atoms with Crippen LogP contribution >= 0.6 is 0 Å². The summed E-state index contributed by atoms with van der Waals surface area (Å²) in [5.41, 5.74) is 0. The van der Waals surface area contributed by atoms with Gasteiger partial charge in [-0.15, -0.1) is 0 Å². The zero-order chi connectivity index (χ0) is 15.4. The second-order valence-electron chi connectivity index (χ2n) is 5.55. The molecule has 2 fully saturated rings. The summed E-state index contributed by atoms with van der Waals surface area (Å²) in [6, 6.07) is -0.884. The van der Waals surface area contributed by atoms with Gasteiger partial charge in [-0.2, -0.15) is 0 Å². The van der Waals surface area contributed by atoms with Gasteiger partial charge in [0.1, 0.15) is 24.4 Å². The zero-order valence-electron chi connectivity index (χ0n) is 12.5. The molecule has 0 aromatic rings. The van der Waals surface area contributed by atoms with E-state index >= 15 is 0 Å². The van der Waals surface area contributed by atoms with Crippen molar-refractivity contribution in [2.45, 2.75) is 76.5 Å². The van der Waals surface area contributed by atoms with E-state index in [4.69, 9.17) is 14.2 Å². The molecule has 0 aromatic heterocycles. The summed E-state index contributed by atoms with van der Waals surface area (Å²) in [6.07, 6.45) is -1.14. The first-order valence-electron chi connectivity index (χ1n) is 7.64. The van der Waals surface area contributed by atoms with Gasteiger partial charge in [-0.25, -0.2) is 0 Å². The van der Waals surface area contributed by atoms with Crippen molar-refractivity contribution in [3.63, 3.8) is 0 Å². The number of fused-ring (bicyclic) bond motifs is 1. The molecular weight excluding hydrogens is 278 g/mol. The Balaban J connectivity index is 1.99. The summed E-state index contributed by atoms with van der Waals surface area (Å²) < 4.78 is 16.6. The number of hydrogen-bond acceptors (Lipinski definition) is 6. The van der Waals surface area contributed by atoms with E-state index in [0.29, 0.717) is 12.8 Å². The number of aliphatic hydroxyl groups is 2. The van der Waals surface area contributed by atoms with Gasteiger partial charge in [0.15, 0.2) is 12.6 Å². The first-order chi connectivity index (χ1) is 10.1. The predicted molar refractivity (Wildman–Crippen MR) is 73.2 cm³/mol. The minimum Gasteiger partial charge on any atom is -0.388 e. The first kappa shape index (κ1) is 16.6. The fraction of sp³-hybridized carbons (Fsp3) is 0.929. The Morgan fingerprint density at radius 3 is 2.67 bits per heavy atom. The van der Waals surface area contributed by atoms with E-state index in [2.05, 4.69) is 5.32 Å². The highest BCUT2D eigenvalue weighted by Gasteiger charge is 2.48. The highest BCUT2D eigenvalue weighted by molar-refractivity contribution is 5.76. The molecule has 2 heterocycles. The van der Waals surface area contributed by atoms with Crippen LogP contribution in [0, 0.1) is 0 Å². The topological polar surface area (TPSA) is 97.3 Å². The molecule has 7 nitrogen and oxygen atoms in total. The van der Waals surface area contributed by atoms with Crippen LogP contribution in [0.1, 0.15) is 39.5 Å². The third-order valence-electron chi connectivity index (χ3n) is 3.78. The van der Waals surface area contributed by atoms with Gasteiger partial charge < -0.3 is 29.7 Å². The van der Waals surface area contributed by atoms with Crippen LogP contribution in [-0.4, -0.2) is 59.7 Å². The molecule has 0 saturated carbocycles. The molecule has 2 saturated heterocycles. The number of carbonyl (C=O) groups is 1. The van der Waals surface area contributed by atoms with Gasteiger partial charge in [0.2, 0.25) is 5.91 Å². The molecule has 0 bridgehead atoms. The molecule has 0 aliphatic carbocycles. The van der Waals surface area contributed by atoms with Gasteiger partial charge in [-0.1, -0.05) is 20.3 Å². The second kappa shape index (κ2) is 7.51. The van der Waals surface area contributed by atoms with Crippen LogP contribution in [0.15, 0.2) is 0 Å². The monoisotopic (exact) mass is 303 g/mol. The Morgan fingerprint density at radius 2 is 2.00 bits per heavy atom. The summed E-state index contributed by atoms with van der Waals surface area (Å²) in [7, 11) is 0. The second-order valence-corrected chi connectivity index (χ2v) is 5.55. The van der Waals surface area contributed by atoms with Gasteiger partial charge >= 0.3 is 0 Å². The van der Waals surface area contributed by atoms with E-state index in [-0.39, 0.29) is 18.8 Å². The molecule has 3 N–H and O–H groups in total. The number of amides is 1. The van der Waals surface area contributed by atoms with Crippen molar-refractivity contribution in [1.29, 1.82) is 0 Å². The molecule has 0 aromatic carbocycles. The van der Waals surface area contributed by atoms with Crippen molar-refractivity contribution in [2.75, 3.05) is 6.61 Å². The number of nitrogens with one attached hydrogen (secondary N) is 1. The Hall–Kier alpha value is -0.730. The van der Waals surface area contributed by atoms with Crippen LogP contribution in [-0.2, 0) is 19.0 Å². The Kier molecular flexibility index (Phi) is 5.95. The van der Waals surface area contributed by atoms with Crippen LogP contribution in [0.2, 0.25) is 0 Å². The molecule has 2 aliphatic heterocycles. The number of carbonyl (C=O) groups excluding carboxylic acids is 1. The van der Waals surface area contributed by atoms with Gasteiger partial charge in [0.25, 0.3) is 0 Å². The summed E-state index contributed by atoms with van der Waals surface area (Å²) in [4.78, 5) is 11.7. The summed E-state index contributed by atoms with van der Waals surface area (Å²) >= 11 is 0. The number of aliphatic hydroxyl groups excluding tert-OH is 2. The molecule has 21 heavy (non-hydrogen) atoms. The highest BCUT2D eigenvalue weighted by Crippen LogP contribution is 2.28. The molecule has 2 rings (SSSR count). The van der Waals surface area contributed by atoms with E-state index in [0.717, 1.165) is 12.8 Å². The van der Waals surface area contributed by atoms with E-state index in [1.165, 1.54) is 0 Å². The zero-order valence-corrected chi connectivity index (χ0v) is 12.5. The maximum atomic E-state index is 11.7. The molecule has 0 radical (unpaired) electrons. The van der Waals surface area contributed by atoms with Gasteiger partial charge in [0, 0.05) is 6.42 Å². The number of ether oxygens (including phenoxy) is 3. The number of hydrogen-bond donors (Lipinski definition) is 3. The minimum atomic E-state index is -1.27. The number of rotatable bonds is 5. The molecule has 7 heteroatoms. The quantitative estimate of drug-likeness (QED) is 0.656. The standard InChI is InChI=1S/C14H25NO6/c1-3-5-9(16)15-11-12(17)13-8(20-14(11)18)7-19-10(21-13)6-4-2/h8,10-14,17-18H,3-7H2,1-2H3,(H,15,16)/t8-,10?,11-,12-,13-,14?/m1/s1. The lowest BCUT2D eigenvalue weighted by molar-refractivity contribution is -0.335. The van der Waals surface area contributed by atoms with E-state index < -0.39 is 30.6 Å². The van der Waals surface area contributed by atoms with Crippen LogP contribution in [0.25, 0.3) is 0 Å². The van der Waals surface area contributed by atoms with E-state index in [9.17, 15) is 15.0 Å².